The molecule has 19 heavy (non-hydrogen) atoms. The Morgan fingerprint density at radius 3 is 2.47 bits per heavy atom. The van der Waals surface area contributed by atoms with Gasteiger partial charge in [-0.15, -0.1) is 11.3 Å². The Labute approximate surface area is 119 Å². The second-order valence-corrected chi connectivity index (χ2v) is 6.58. The van der Waals surface area contributed by atoms with Crippen LogP contribution in [0.25, 0.3) is 0 Å². The normalized spacial score (nSPS) is 16.5. The Balaban J connectivity index is 1.83. The first-order valence-electron chi connectivity index (χ1n) is 7.13. The zero-order valence-electron chi connectivity index (χ0n) is 11.6. The van der Waals surface area contributed by atoms with Crippen LogP contribution in [0.3, 0.4) is 0 Å². The van der Waals surface area contributed by atoms with E-state index >= 15 is 0 Å². The molecule has 1 atom stereocenters. The topological polar surface area (TPSA) is 12.0 Å². The molecule has 1 aliphatic carbocycles. The maximum absolute atomic E-state index is 3.70. The third-order valence-electron chi connectivity index (χ3n) is 4.09. The van der Waals surface area contributed by atoms with E-state index in [1.807, 2.05) is 11.3 Å². The lowest BCUT2D eigenvalue weighted by molar-refractivity contribution is 0.381. The number of nitrogens with one attached hydrogen (secondary N) is 1. The zero-order chi connectivity index (χ0) is 13.2. The summed E-state index contributed by atoms with van der Waals surface area (Å²) in [5.74, 6) is 0.700. The molecule has 2 aromatic rings. The van der Waals surface area contributed by atoms with Crippen molar-refractivity contribution in [1.82, 2.24) is 5.32 Å². The van der Waals surface area contributed by atoms with Crippen LogP contribution in [0.2, 0.25) is 0 Å². The van der Waals surface area contributed by atoms with E-state index in [4.69, 9.17) is 0 Å². The third kappa shape index (κ3) is 2.60. The van der Waals surface area contributed by atoms with Gasteiger partial charge in [-0.1, -0.05) is 31.2 Å². The van der Waals surface area contributed by atoms with Gasteiger partial charge in [0, 0.05) is 10.9 Å². The number of thiophene rings is 1. The van der Waals surface area contributed by atoms with Crippen molar-refractivity contribution >= 4 is 11.3 Å². The summed E-state index contributed by atoms with van der Waals surface area (Å²) in [4.78, 5) is 1.41. The molecule has 1 heterocycles. The Hall–Kier alpha value is -1.12. The van der Waals surface area contributed by atoms with E-state index in [9.17, 15) is 0 Å². The van der Waals surface area contributed by atoms with Crippen LogP contribution >= 0.6 is 11.3 Å². The summed E-state index contributed by atoms with van der Waals surface area (Å²) >= 11 is 1.86. The van der Waals surface area contributed by atoms with Gasteiger partial charge in [-0.2, -0.15) is 0 Å². The van der Waals surface area contributed by atoms with E-state index in [1.54, 1.807) is 11.1 Å². The van der Waals surface area contributed by atoms with Gasteiger partial charge in [-0.25, -0.2) is 0 Å². The van der Waals surface area contributed by atoms with Crippen molar-refractivity contribution in [2.45, 2.75) is 32.7 Å². The summed E-state index contributed by atoms with van der Waals surface area (Å²) in [6, 6.07) is 11.8. The second-order valence-electron chi connectivity index (χ2n) is 5.46. The van der Waals surface area contributed by atoms with Crippen LogP contribution in [0.1, 0.15) is 34.5 Å². The average Bonchev–Trinajstić information content (AvgIpc) is 3.01. The summed E-state index contributed by atoms with van der Waals surface area (Å²) in [5, 5.41) is 6.02. The molecule has 0 saturated heterocycles. The van der Waals surface area contributed by atoms with Crippen molar-refractivity contribution in [2.75, 3.05) is 6.54 Å². The van der Waals surface area contributed by atoms with Gasteiger partial charge in [0.05, 0.1) is 0 Å². The van der Waals surface area contributed by atoms with Crippen LogP contribution in [-0.4, -0.2) is 6.54 Å². The van der Waals surface area contributed by atoms with Crippen molar-refractivity contribution in [1.29, 1.82) is 0 Å². The molecule has 1 N–H and O–H groups in total. The molecule has 0 bridgehead atoms. The molecule has 0 saturated carbocycles. The van der Waals surface area contributed by atoms with E-state index in [1.165, 1.54) is 23.3 Å². The number of benzene rings is 1. The van der Waals surface area contributed by atoms with Gasteiger partial charge in [-0.05, 0) is 60.4 Å². The predicted octanol–water partition coefficient (Wildman–Crippen LogP) is 4.12. The molecule has 2 heteroatoms. The quantitative estimate of drug-likeness (QED) is 0.882. The number of fused-ring (bicyclic) bond motifs is 1. The van der Waals surface area contributed by atoms with Crippen LogP contribution in [0, 0.1) is 12.8 Å². The van der Waals surface area contributed by atoms with Crippen molar-refractivity contribution in [3.63, 3.8) is 0 Å². The van der Waals surface area contributed by atoms with Gasteiger partial charge < -0.3 is 5.32 Å². The molecule has 1 aromatic heterocycles. The highest BCUT2D eigenvalue weighted by Crippen LogP contribution is 2.36. The van der Waals surface area contributed by atoms with Gasteiger partial charge >= 0.3 is 0 Å². The maximum atomic E-state index is 3.70. The van der Waals surface area contributed by atoms with Crippen LogP contribution in [0.4, 0.5) is 0 Å². The number of rotatable bonds is 4. The first-order valence-corrected chi connectivity index (χ1v) is 8.01. The molecule has 3 rings (SSSR count). The number of hydrogen-bond donors (Lipinski definition) is 1. The van der Waals surface area contributed by atoms with Crippen molar-refractivity contribution < 1.29 is 0 Å². The van der Waals surface area contributed by atoms with Crippen LogP contribution < -0.4 is 5.32 Å². The number of hydrogen-bond acceptors (Lipinski definition) is 2. The minimum atomic E-state index is 0.502. The van der Waals surface area contributed by atoms with Crippen molar-refractivity contribution in [3.05, 3.63) is 57.3 Å². The molecule has 0 radical (unpaired) electrons. The minimum Gasteiger partial charge on any atom is -0.310 e. The summed E-state index contributed by atoms with van der Waals surface area (Å²) in [7, 11) is 0. The second kappa shape index (κ2) is 5.48. The molecule has 1 unspecified atom stereocenters. The zero-order valence-corrected chi connectivity index (χ0v) is 12.5. The lowest BCUT2D eigenvalue weighted by atomic mass is 9.92. The minimum absolute atomic E-state index is 0.502. The molecule has 0 fully saturated rings. The molecule has 1 aromatic carbocycles. The highest BCUT2D eigenvalue weighted by atomic mass is 32.1. The lowest BCUT2D eigenvalue weighted by Gasteiger charge is -2.23. The third-order valence-corrected chi connectivity index (χ3v) is 4.97. The SMILES string of the molecule is CCNC(c1csc(C)c1)C1Cc2ccccc2C1. The predicted molar refractivity (Wildman–Crippen MR) is 82.8 cm³/mol. The first-order chi connectivity index (χ1) is 9.28. The fourth-order valence-electron chi connectivity index (χ4n) is 3.23. The molecule has 1 nitrogen and oxygen atoms in total. The summed E-state index contributed by atoms with van der Waals surface area (Å²) in [6.45, 7) is 5.43. The summed E-state index contributed by atoms with van der Waals surface area (Å²) < 4.78 is 0. The molecule has 1 aliphatic rings. The first kappa shape index (κ1) is 12.9. The van der Waals surface area contributed by atoms with Crippen LogP contribution in [-0.2, 0) is 12.8 Å². The summed E-state index contributed by atoms with van der Waals surface area (Å²) in [5.41, 5.74) is 4.56. The smallest absolute Gasteiger partial charge is 0.0363 e. The fraction of sp³-hybridized carbons (Fsp3) is 0.412. The lowest BCUT2D eigenvalue weighted by Crippen LogP contribution is -2.28. The van der Waals surface area contributed by atoms with E-state index in [2.05, 4.69) is 54.9 Å². The Bertz CT molecular complexity index is 533. The van der Waals surface area contributed by atoms with Crippen molar-refractivity contribution in [2.24, 2.45) is 5.92 Å². The number of aryl methyl sites for hydroxylation is 1. The van der Waals surface area contributed by atoms with E-state index in [-0.39, 0.29) is 0 Å². The van der Waals surface area contributed by atoms with Gasteiger partial charge in [0.1, 0.15) is 0 Å². The van der Waals surface area contributed by atoms with E-state index in [0.717, 1.165) is 6.54 Å². The molecular formula is C17H21NS. The fourth-order valence-corrected chi connectivity index (χ4v) is 3.97. The van der Waals surface area contributed by atoms with Crippen LogP contribution in [0.5, 0.6) is 0 Å². The monoisotopic (exact) mass is 271 g/mol. The largest absolute Gasteiger partial charge is 0.310 e. The molecule has 100 valence electrons. The summed E-state index contributed by atoms with van der Waals surface area (Å²) in [6.07, 6.45) is 2.42. The van der Waals surface area contributed by atoms with Crippen molar-refractivity contribution in [3.8, 4) is 0 Å². The molecule has 0 aliphatic heterocycles. The van der Waals surface area contributed by atoms with Gasteiger partial charge in [0.2, 0.25) is 0 Å². The molecule has 0 spiro atoms. The van der Waals surface area contributed by atoms with Gasteiger partial charge in [-0.3, -0.25) is 0 Å². The van der Waals surface area contributed by atoms with Crippen LogP contribution in [0.15, 0.2) is 35.7 Å². The van der Waals surface area contributed by atoms with Gasteiger partial charge in [0.25, 0.3) is 0 Å². The maximum Gasteiger partial charge on any atom is 0.0363 e. The van der Waals surface area contributed by atoms with E-state index < -0.39 is 0 Å². The highest BCUT2D eigenvalue weighted by Gasteiger charge is 2.29. The Kier molecular flexibility index (Phi) is 3.72. The standard InChI is InChI=1S/C17H21NS/c1-3-18-17(16-8-12(2)19-11-16)15-9-13-6-4-5-7-14(13)10-15/h4-8,11,15,17-18H,3,9-10H2,1-2H3. The Morgan fingerprint density at radius 1 is 1.26 bits per heavy atom. The average molecular weight is 271 g/mol. The molecular weight excluding hydrogens is 250 g/mol. The van der Waals surface area contributed by atoms with Gasteiger partial charge in [0.15, 0.2) is 0 Å². The highest BCUT2D eigenvalue weighted by molar-refractivity contribution is 7.10. The molecule has 0 amide bonds. The van der Waals surface area contributed by atoms with E-state index in [0.29, 0.717) is 12.0 Å². The Morgan fingerprint density at radius 2 is 1.95 bits per heavy atom.